The lowest BCUT2D eigenvalue weighted by atomic mass is 10.0. The molecule has 1 unspecified atom stereocenters. The summed E-state index contributed by atoms with van der Waals surface area (Å²) in [6, 6.07) is 9.80. The van der Waals surface area contributed by atoms with Crippen LogP contribution in [0.5, 0.6) is 0 Å². The molecule has 0 bridgehead atoms. The summed E-state index contributed by atoms with van der Waals surface area (Å²) < 4.78 is 1.93. The molecule has 0 radical (unpaired) electrons. The molecule has 1 atom stereocenters. The van der Waals surface area contributed by atoms with Gasteiger partial charge in [0, 0.05) is 8.04 Å². The van der Waals surface area contributed by atoms with Gasteiger partial charge in [-0.25, -0.2) is 4.79 Å². The number of imidazole rings is 1. The van der Waals surface area contributed by atoms with Crippen LogP contribution in [-0.2, 0) is 0 Å². The topological polar surface area (TPSA) is 48.6 Å². The zero-order valence-corrected chi connectivity index (χ0v) is 16.5. The van der Waals surface area contributed by atoms with Crippen LogP contribution >= 0.6 is 66.1 Å². The maximum absolute atomic E-state index is 11.4. The van der Waals surface area contributed by atoms with Crippen LogP contribution in [0.3, 0.4) is 0 Å². The molecule has 0 saturated heterocycles. The largest absolute Gasteiger partial charge is 0.323 e. The first kappa shape index (κ1) is 15.6. The van der Waals surface area contributed by atoms with Crippen molar-refractivity contribution >= 4 is 77.1 Å². The Hall–Kier alpha value is -0.310. The summed E-state index contributed by atoms with van der Waals surface area (Å²) in [4.78, 5) is 16.9. The van der Waals surface area contributed by atoms with Gasteiger partial charge in [0.25, 0.3) is 0 Å². The Labute approximate surface area is 155 Å². The van der Waals surface area contributed by atoms with E-state index in [1.165, 1.54) is 0 Å². The Morgan fingerprint density at radius 1 is 1.14 bits per heavy atom. The fourth-order valence-corrected chi connectivity index (χ4v) is 4.18. The van der Waals surface area contributed by atoms with Gasteiger partial charge in [-0.2, -0.15) is 0 Å². The van der Waals surface area contributed by atoms with Crippen molar-refractivity contribution < 1.29 is 0 Å². The van der Waals surface area contributed by atoms with Crippen LogP contribution in [0, 0.1) is 3.57 Å². The Kier molecular flexibility index (Phi) is 4.50. The first-order valence-corrected chi connectivity index (χ1v) is 9.12. The molecule has 2 N–H and O–H groups in total. The molecular weight excluding hydrogens is 534 g/mol. The van der Waals surface area contributed by atoms with Gasteiger partial charge in [-0.3, -0.25) is 0 Å². The molecule has 0 spiro atoms. The smallest absolute Gasteiger partial charge is 0.306 e. The molecule has 0 amide bonds. The molecule has 0 saturated carbocycles. The third-order valence-electron chi connectivity index (χ3n) is 3.14. The summed E-state index contributed by atoms with van der Waals surface area (Å²) in [5.74, 6) is 0. The fraction of sp³-hybridized carbons (Fsp3) is 0.0714. The van der Waals surface area contributed by atoms with E-state index in [2.05, 4.69) is 64.4 Å². The molecule has 1 heterocycles. The predicted molar refractivity (Wildman–Crippen MR) is 102 cm³/mol. The number of nitrogens with one attached hydrogen (secondary N) is 2. The highest BCUT2D eigenvalue weighted by Crippen LogP contribution is 2.38. The fourth-order valence-electron chi connectivity index (χ4n) is 2.12. The summed E-state index contributed by atoms with van der Waals surface area (Å²) in [6.45, 7) is 0. The zero-order chi connectivity index (χ0) is 15.1. The van der Waals surface area contributed by atoms with Crippen molar-refractivity contribution in [1.82, 2.24) is 9.97 Å². The zero-order valence-electron chi connectivity index (χ0n) is 10.4. The van der Waals surface area contributed by atoms with Gasteiger partial charge in [-0.15, -0.1) is 0 Å². The lowest BCUT2D eigenvalue weighted by molar-refractivity contribution is 1.17. The van der Waals surface area contributed by atoms with Gasteiger partial charge in [0.1, 0.15) is 0 Å². The second-order valence-corrected chi connectivity index (χ2v) is 7.87. The van der Waals surface area contributed by atoms with Crippen molar-refractivity contribution in [2.45, 2.75) is 4.83 Å². The number of aromatic amines is 2. The highest BCUT2D eigenvalue weighted by atomic mass is 127. The standard InChI is InChI=1S/C14H8Br2ClIN2O/c15-8-5-12-11(19-14(21)20-12)4-7(8)13(16)6-1-2-10(18)9(17)3-6/h1-5,13H,(H2,19,20,21). The number of aromatic nitrogens is 2. The average Bonchev–Trinajstić information content (AvgIpc) is 2.79. The Balaban J connectivity index is 2.11. The van der Waals surface area contributed by atoms with E-state index in [1.807, 2.05) is 30.3 Å². The summed E-state index contributed by atoms with van der Waals surface area (Å²) in [7, 11) is 0. The third-order valence-corrected chi connectivity index (χ3v) is 6.42. The maximum Gasteiger partial charge on any atom is 0.323 e. The Morgan fingerprint density at radius 3 is 2.48 bits per heavy atom. The molecule has 7 heteroatoms. The third kappa shape index (κ3) is 3.09. The van der Waals surface area contributed by atoms with Crippen LogP contribution in [0.4, 0.5) is 0 Å². The van der Waals surface area contributed by atoms with Gasteiger partial charge < -0.3 is 9.97 Å². The Bertz CT molecular complexity index is 890. The van der Waals surface area contributed by atoms with Gasteiger partial charge in [0.05, 0.1) is 20.9 Å². The van der Waals surface area contributed by atoms with Crippen LogP contribution in [-0.4, -0.2) is 9.97 Å². The number of hydrogen-bond donors (Lipinski definition) is 2. The molecule has 0 aliphatic rings. The number of rotatable bonds is 2. The summed E-state index contributed by atoms with van der Waals surface area (Å²) in [6.07, 6.45) is 0. The minimum absolute atomic E-state index is 0.0239. The second kappa shape index (κ2) is 6.06. The first-order valence-electron chi connectivity index (χ1n) is 5.96. The number of alkyl halides is 1. The van der Waals surface area contributed by atoms with Gasteiger partial charge in [0.15, 0.2) is 0 Å². The van der Waals surface area contributed by atoms with E-state index >= 15 is 0 Å². The average molecular weight is 542 g/mol. The van der Waals surface area contributed by atoms with Crippen molar-refractivity contribution in [2.24, 2.45) is 0 Å². The number of hydrogen-bond acceptors (Lipinski definition) is 1. The highest BCUT2D eigenvalue weighted by Gasteiger charge is 2.16. The maximum atomic E-state index is 11.4. The number of H-pyrrole nitrogens is 2. The van der Waals surface area contributed by atoms with Gasteiger partial charge in [-0.1, -0.05) is 49.5 Å². The van der Waals surface area contributed by atoms with E-state index in [0.717, 1.165) is 35.2 Å². The van der Waals surface area contributed by atoms with Crippen LogP contribution in [0.1, 0.15) is 16.0 Å². The van der Waals surface area contributed by atoms with Crippen molar-refractivity contribution in [3.63, 3.8) is 0 Å². The van der Waals surface area contributed by atoms with Crippen molar-refractivity contribution in [3.8, 4) is 0 Å². The summed E-state index contributed by atoms with van der Waals surface area (Å²) >= 11 is 15.7. The molecular formula is C14H8Br2ClIN2O. The van der Waals surface area contributed by atoms with Crippen molar-refractivity contribution in [1.29, 1.82) is 0 Å². The van der Waals surface area contributed by atoms with E-state index < -0.39 is 0 Å². The molecule has 108 valence electrons. The molecule has 3 aromatic rings. The van der Waals surface area contributed by atoms with Crippen LogP contribution < -0.4 is 5.69 Å². The molecule has 0 aliphatic heterocycles. The highest BCUT2D eigenvalue weighted by molar-refractivity contribution is 14.1. The van der Waals surface area contributed by atoms with E-state index in [-0.39, 0.29) is 10.5 Å². The van der Waals surface area contributed by atoms with Crippen LogP contribution in [0.15, 0.2) is 39.6 Å². The van der Waals surface area contributed by atoms with Crippen molar-refractivity contribution in [3.05, 3.63) is 65.0 Å². The van der Waals surface area contributed by atoms with Crippen LogP contribution in [0.2, 0.25) is 5.02 Å². The van der Waals surface area contributed by atoms with Gasteiger partial charge in [0.2, 0.25) is 0 Å². The van der Waals surface area contributed by atoms with E-state index in [1.54, 1.807) is 0 Å². The quantitative estimate of drug-likeness (QED) is 0.333. The number of halogens is 4. The van der Waals surface area contributed by atoms with Gasteiger partial charge in [-0.05, 0) is 58.0 Å². The summed E-state index contributed by atoms with van der Waals surface area (Å²) in [5.41, 5.74) is 3.42. The van der Waals surface area contributed by atoms with Crippen molar-refractivity contribution in [2.75, 3.05) is 0 Å². The minimum atomic E-state index is -0.211. The number of benzene rings is 2. The monoisotopic (exact) mass is 540 g/mol. The molecule has 3 rings (SSSR count). The lowest BCUT2D eigenvalue weighted by Gasteiger charge is -2.14. The molecule has 1 aromatic heterocycles. The normalized spacial score (nSPS) is 12.8. The van der Waals surface area contributed by atoms with Crippen LogP contribution in [0.25, 0.3) is 11.0 Å². The van der Waals surface area contributed by atoms with Gasteiger partial charge >= 0.3 is 5.69 Å². The number of fused-ring (bicyclic) bond motifs is 1. The minimum Gasteiger partial charge on any atom is -0.306 e. The second-order valence-electron chi connectivity index (χ2n) is 4.53. The van der Waals surface area contributed by atoms with E-state index in [0.29, 0.717) is 0 Å². The first-order chi connectivity index (χ1) is 9.95. The molecule has 0 fully saturated rings. The molecule has 3 nitrogen and oxygen atoms in total. The van der Waals surface area contributed by atoms with E-state index in [9.17, 15) is 4.79 Å². The SMILES string of the molecule is O=c1[nH]c2cc(Br)c(C(Br)c3ccc(I)c(Cl)c3)cc2[nH]1. The predicted octanol–water partition coefficient (Wildman–Crippen LogP) is 5.36. The Morgan fingerprint density at radius 2 is 1.81 bits per heavy atom. The lowest BCUT2D eigenvalue weighted by Crippen LogP contribution is -1.99. The van der Waals surface area contributed by atoms with E-state index in [4.69, 9.17) is 11.6 Å². The molecule has 0 aliphatic carbocycles. The molecule has 2 aromatic carbocycles. The molecule has 21 heavy (non-hydrogen) atoms. The summed E-state index contributed by atoms with van der Waals surface area (Å²) in [5, 5.41) is 0.727.